The van der Waals surface area contributed by atoms with E-state index in [-0.39, 0.29) is 5.78 Å². The number of ketones is 1. The van der Waals surface area contributed by atoms with E-state index < -0.39 is 0 Å². The first-order valence-corrected chi connectivity index (χ1v) is 12.0. The summed E-state index contributed by atoms with van der Waals surface area (Å²) in [5.74, 6) is 1.20. The van der Waals surface area contributed by atoms with E-state index >= 15 is 0 Å². The molecule has 5 aromatic rings. The molecule has 5 nitrogen and oxygen atoms in total. The van der Waals surface area contributed by atoms with Gasteiger partial charge in [-0.05, 0) is 41.6 Å². The number of thiophene rings is 1. The molecule has 7 heteroatoms. The summed E-state index contributed by atoms with van der Waals surface area (Å²) in [4.78, 5) is 18.0. The van der Waals surface area contributed by atoms with Crippen molar-refractivity contribution in [2.45, 2.75) is 18.6 Å². The van der Waals surface area contributed by atoms with Crippen LogP contribution in [-0.2, 0) is 6.54 Å². The zero-order valence-corrected chi connectivity index (χ0v) is 19.1. The van der Waals surface area contributed by atoms with Crippen LogP contribution in [0.2, 0.25) is 0 Å². The molecule has 3 heterocycles. The van der Waals surface area contributed by atoms with E-state index in [9.17, 15) is 4.79 Å². The highest BCUT2D eigenvalue weighted by Gasteiger charge is 2.19. The van der Waals surface area contributed by atoms with E-state index in [1.54, 1.807) is 23.7 Å². The normalized spacial score (nSPS) is 11.2. The molecule has 0 amide bonds. The second kappa shape index (κ2) is 9.06. The number of hydrogen-bond acceptors (Lipinski definition) is 6. The third-order valence-electron chi connectivity index (χ3n) is 5.27. The van der Waals surface area contributed by atoms with Crippen LogP contribution in [-0.4, -0.2) is 31.3 Å². The van der Waals surface area contributed by atoms with Crippen molar-refractivity contribution in [2.24, 2.45) is 0 Å². The lowest BCUT2D eigenvalue weighted by Crippen LogP contribution is -2.07. The summed E-state index contributed by atoms with van der Waals surface area (Å²) < 4.78 is 3.21. The minimum absolute atomic E-state index is 0.119. The number of aromatic nitrogens is 4. The number of hydrogen-bond donors (Lipinski definition) is 0. The van der Waals surface area contributed by atoms with Gasteiger partial charge in [0.15, 0.2) is 16.8 Å². The van der Waals surface area contributed by atoms with E-state index in [1.165, 1.54) is 11.8 Å². The largest absolute Gasteiger partial charge is 0.298 e. The average Bonchev–Trinajstić information content (AvgIpc) is 3.40. The quantitative estimate of drug-likeness (QED) is 0.226. The van der Waals surface area contributed by atoms with Crippen LogP contribution in [0.25, 0.3) is 21.5 Å². The molecule has 32 heavy (non-hydrogen) atoms. The number of rotatable bonds is 7. The van der Waals surface area contributed by atoms with Crippen LogP contribution in [0.1, 0.15) is 20.8 Å². The van der Waals surface area contributed by atoms with Crippen molar-refractivity contribution in [2.75, 3.05) is 5.75 Å². The van der Waals surface area contributed by atoms with Crippen LogP contribution < -0.4 is 0 Å². The van der Waals surface area contributed by atoms with Gasteiger partial charge in [0.25, 0.3) is 0 Å². The maximum Gasteiger partial charge on any atom is 0.192 e. The van der Waals surface area contributed by atoms with Gasteiger partial charge in [0.1, 0.15) is 0 Å². The second-order valence-electron chi connectivity index (χ2n) is 7.38. The lowest BCUT2D eigenvalue weighted by molar-refractivity contribution is 0.102. The van der Waals surface area contributed by atoms with Crippen LogP contribution >= 0.6 is 23.1 Å². The molecule has 0 aliphatic heterocycles. The lowest BCUT2D eigenvalue weighted by atomic mass is 10.1. The number of Topliss-reactive ketones (excluding diaryl/α,β-unsaturated/α-hetero) is 1. The van der Waals surface area contributed by atoms with E-state index in [0.29, 0.717) is 12.3 Å². The molecule has 0 saturated heterocycles. The van der Waals surface area contributed by atoms with E-state index in [4.69, 9.17) is 0 Å². The minimum atomic E-state index is 0.119. The molecule has 0 fully saturated rings. The Hall–Kier alpha value is -3.29. The Balaban J connectivity index is 1.43. The first-order chi connectivity index (χ1) is 15.7. The van der Waals surface area contributed by atoms with Crippen LogP contribution in [0.3, 0.4) is 0 Å². The Kier molecular flexibility index (Phi) is 5.83. The van der Waals surface area contributed by atoms with Gasteiger partial charge in [0.2, 0.25) is 0 Å². The molecule has 5 rings (SSSR count). The van der Waals surface area contributed by atoms with Gasteiger partial charge in [-0.2, -0.15) is 0 Å². The Labute approximate surface area is 194 Å². The molecule has 0 aliphatic rings. The first kappa shape index (κ1) is 20.6. The van der Waals surface area contributed by atoms with Gasteiger partial charge in [-0.1, -0.05) is 60.3 Å². The van der Waals surface area contributed by atoms with Gasteiger partial charge < -0.3 is 0 Å². The van der Waals surface area contributed by atoms with Crippen LogP contribution in [0.4, 0.5) is 0 Å². The molecule has 0 bridgehead atoms. The number of carbonyl (C=O) groups is 1. The fraction of sp³-hybridized carbons (Fsp3) is 0.120. The monoisotopic (exact) mass is 456 g/mol. The predicted molar refractivity (Wildman–Crippen MR) is 130 cm³/mol. The van der Waals surface area contributed by atoms with Gasteiger partial charge in [-0.25, -0.2) is 0 Å². The summed E-state index contributed by atoms with van der Waals surface area (Å²) in [5, 5.41) is 10.7. The zero-order valence-electron chi connectivity index (χ0n) is 17.4. The van der Waals surface area contributed by atoms with Crippen molar-refractivity contribution >= 4 is 39.0 Å². The molecule has 0 unspecified atom stereocenters. The fourth-order valence-electron chi connectivity index (χ4n) is 3.65. The van der Waals surface area contributed by atoms with E-state index in [0.717, 1.165) is 42.6 Å². The first-order valence-electron chi connectivity index (χ1n) is 10.2. The highest BCUT2D eigenvalue weighted by Crippen LogP contribution is 2.32. The third kappa shape index (κ3) is 4.09. The number of pyridine rings is 1. The van der Waals surface area contributed by atoms with Crippen LogP contribution in [0.15, 0.2) is 84.3 Å². The summed E-state index contributed by atoms with van der Waals surface area (Å²) in [6.07, 6.45) is 3.49. The van der Waals surface area contributed by atoms with Crippen molar-refractivity contribution < 1.29 is 4.79 Å². The number of nitrogens with zero attached hydrogens (tertiary/aromatic N) is 4. The molecule has 0 atom stereocenters. The fourth-order valence-corrected chi connectivity index (χ4v) is 5.70. The van der Waals surface area contributed by atoms with Crippen LogP contribution in [0.5, 0.6) is 0 Å². The molecule has 0 N–H and O–H groups in total. The van der Waals surface area contributed by atoms with Crippen molar-refractivity contribution in [1.82, 2.24) is 19.7 Å². The molecule has 2 aromatic carbocycles. The summed E-state index contributed by atoms with van der Waals surface area (Å²) in [5.41, 5.74) is 3.15. The number of fused-ring (bicyclic) bond motifs is 1. The topological polar surface area (TPSA) is 60.7 Å². The number of thioether (sulfide) groups is 1. The minimum Gasteiger partial charge on any atom is -0.298 e. The molecule has 0 aliphatic carbocycles. The zero-order chi connectivity index (χ0) is 21.9. The van der Waals surface area contributed by atoms with Crippen LogP contribution in [0, 0.1) is 6.92 Å². The maximum absolute atomic E-state index is 13.1. The second-order valence-corrected chi connectivity index (χ2v) is 9.37. The number of carbonyl (C=O) groups excluding carboxylic acids is 1. The van der Waals surface area contributed by atoms with E-state index in [1.807, 2.05) is 49.4 Å². The Bertz CT molecular complexity index is 1380. The van der Waals surface area contributed by atoms with Gasteiger partial charge in [-0.15, -0.1) is 21.5 Å². The standard InChI is InChI=1S/C25H20N4OS2/c1-17-20-9-5-6-10-22(20)32-23(17)21(30)16-31-25-28-27-24(19-11-13-26-14-12-19)29(25)15-18-7-3-2-4-8-18/h2-14H,15-16H2,1H3. The van der Waals surface area contributed by atoms with Crippen molar-refractivity contribution in [1.29, 1.82) is 0 Å². The maximum atomic E-state index is 13.1. The molecule has 0 radical (unpaired) electrons. The van der Waals surface area contributed by atoms with Crippen molar-refractivity contribution in [3.8, 4) is 11.4 Å². The van der Waals surface area contributed by atoms with Gasteiger partial charge in [0, 0.05) is 22.7 Å². The Morgan fingerprint density at radius 2 is 1.72 bits per heavy atom. The average molecular weight is 457 g/mol. The smallest absolute Gasteiger partial charge is 0.192 e. The third-order valence-corrected chi connectivity index (χ3v) is 7.55. The molecule has 158 valence electrons. The summed E-state index contributed by atoms with van der Waals surface area (Å²) in [7, 11) is 0. The van der Waals surface area contributed by atoms with Crippen molar-refractivity contribution in [3.05, 3.63) is 95.1 Å². The van der Waals surface area contributed by atoms with Gasteiger partial charge >= 0.3 is 0 Å². The van der Waals surface area contributed by atoms with Gasteiger partial charge in [0.05, 0.1) is 17.2 Å². The molecular formula is C25H20N4OS2. The Morgan fingerprint density at radius 3 is 2.50 bits per heavy atom. The van der Waals surface area contributed by atoms with Crippen molar-refractivity contribution in [3.63, 3.8) is 0 Å². The summed E-state index contributed by atoms with van der Waals surface area (Å²) in [6, 6.07) is 22.2. The van der Waals surface area contributed by atoms with Gasteiger partial charge in [-0.3, -0.25) is 14.3 Å². The predicted octanol–water partition coefficient (Wildman–Crippen LogP) is 5.89. The number of aryl methyl sites for hydroxylation is 1. The SMILES string of the molecule is Cc1c(C(=O)CSc2nnc(-c3ccncc3)n2Cc2ccccc2)sc2ccccc12. The number of benzene rings is 2. The lowest BCUT2D eigenvalue weighted by Gasteiger charge is -2.10. The van der Waals surface area contributed by atoms with E-state index in [2.05, 4.69) is 44.0 Å². The Morgan fingerprint density at radius 1 is 0.969 bits per heavy atom. The molecular weight excluding hydrogens is 436 g/mol. The molecule has 3 aromatic heterocycles. The molecule has 0 spiro atoms. The highest BCUT2D eigenvalue weighted by atomic mass is 32.2. The summed E-state index contributed by atoms with van der Waals surface area (Å²) in [6.45, 7) is 2.65. The molecule has 0 saturated carbocycles. The highest BCUT2D eigenvalue weighted by molar-refractivity contribution is 7.99. The summed E-state index contributed by atoms with van der Waals surface area (Å²) >= 11 is 3.00.